The molecule has 2 heterocycles. The van der Waals surface area contributed by atoms with Crippen LogP contribution in [-0.4, -0.2) is 56.3 Å². The number of aliphatic hydroxyl groups excluding tert-OH is 1. The van der Waals surface area contributed by atoms with E-state index in [9.17, 15) is 32.3 Å². The number of amides is 2. The molecule has 0 unspecified atom stereocenters. The van der Waals surface area contributed by atoms with Gasteiger partial charge in [0.1, 0.15) is 23.8 Å². The van der Waals surface area contributed by atoms with Gasteiger partial charge in [0.05, 0.1) is 29.6 Å². The van der Waals surface area contributed by atoms with Gasteiger partial charge >= 0.3 is 12.3 Å². The van der Waals surface area contributed by atoms with Crippen LogP contribution in [0.4, 0.5) is 22.4 Å². The molecular weight excluding hydrogens is 460 g/mol. The number of carbonyl (C=O) groups is 2. The van der Waals surface area contributed by atoms with Crippen LogP contribution in [0.3, 0.4) is 0 Å². The van der Waals surface area contributed by atoms with Crippen molar-refractivity contribution in [1.82, 2.24) is 20.2 Å². The van der Waals surface area contributed by atoms with E-state index in [1.54, 1.807) is 20.8 Å². The van der Waals surface area contributed by atoms with Crippen LogP contribution in [0.1, 0.15) is 38.4 Å². The van der Waals surface area contributed by atoms with Gasteiger partial charge in [0.25, 0.3) is 0 Å². The normalized spacial score (nSPS) is 18.6. The Bertz CT molecular complexity index is 1070. The monoisotopic (exact) mass is 484 g/mol. The van der Waals surface area contributed by atoms with E-state index in [2.05, 4.69) is 15.3 Å². The fourth-order valence-electron chi connectivity index (χ4n) is 3.46. The molecule has 0 bridgehead atoms. The number of benzene rings is 1. The number of aliphatic hydroxyl groups is 1. The standard InChI is InChI=1S/C22H24F4N4O4/c1-21(2,3)34-20(33)30-7-6-17(31)18(30)19(32)27-10-13-9-16(29-11-28-13)12-4-5-14(15(23)8-12)22(24,25)26/h4-5,8-9,11,17-18,31H,6-7,10H2,1-3H3,(H,27,32)/t17-,18+/m1/s1. The molecule has 2 N–H and O–H groups in total. The summed E-state index contributed by atoms with van der Waals surface area (Å²) < 4.78 is 57.5. The molecule has 0 saturated carbocycles. The number of hydrogen-bond acceptors (Lipinski definition) is 6. The average molecular weight is 484 g/mol. The number of aromatic nitrogens is 2. The zero-order chi connectivity index (χ0) is 25.3. The van der Waals surface area contributed by atoms with E-state index in [1.807, 2.05) is 0 Å². The Kier molecular flexibility index (Phi) is 7.10. The quantitative estimate of drug-likeness (QED) is 0.646. The second-order valence-corrected chi connectivity index (χ2v) is 8.78. The first-order valence-corrected chi connectivity index (χ1v) is 10.4. The van der Waals surface area contributed by atoms with Crippen molar-refractivity contribution < 1.29 is 37.0 Å². The molecule has 1 saturated heterocycles. The summed E-state index contributed by atoms with van der Waals surface area (Å²) in [7, 11) is 0. The fourth-order valence-corrected chi connectivity index (χ4v) is 3.46. The van der Waals surface area contributed by atoms with Gasteiger partial charge in [-0.25, -0.2) is 19.2 Å². The van der Waals surface area contributed by atoms with Crippen LogP contribution >= 0.6 is 0 Å². The minimum absolute atomic E-state index is 0.0998. The van der Waals surface area contributed by atoms with E-state index in [0.29, 0.717) is 6.07 Å². The number of nitrogens with one attached hydrogen (secondary N) is 1. The van der Waals surface area contributed by atoms with Crippen LogP contribution in [0, 0.1) is 5.82 Å². The molecule has 0 spiro atoms. The summed E-state index contributed by atoms with van der Waals surface area (Å²) in [6.07, 6.45) is -5.29. The maximum Gasteiger partial charge on any atom is 0.419 e. The summed E-state index contributed by atoms with van der Waals surface area (Å²) in [5, 5.41) is 12.8. The number of hydrogen-bond donors (Lipinski definition) is 2. The third kappa shape index (κ3) is 5.99. The van der Waals surface area contributed by atoms with Crippen LogP contribution in [0.2, 0.25) is 0 Å². The van der Waals surface area contributed by atoms with Crippen molar-refractivity contribution in [3.05, 3.63) is 47.7 Å². The van der Waals surface area contributed by atoms with Gasteiger partial charge < -0.3 is 15.2 Å². The summed E-state index contributed by atoms with van der Waals surface area (Å²) in [4.78, 5) is 34.2. The zero-order valence-corrected chi connectivity index (χ0v) is 18.7. The van der Waals surface area contributed by atoms with Crippen LogP contribution < -0.4 is 5.32 Å². The van der Waals surface area contributed by atoms with E-state index in [1.165, 1.54) is 6.07 Å². The second-order valence-electron chi connectivity index (χ2n) is 8.78. The Hall–Kier alpha value is -3.28. The first kappa shape index (κ1) is 25.3. The highest BCUT2D eigenvalue weighted by Crippen LogP contribution is 2.33. The highest BCUT2D eigenvalue weighted by molar-refractivity contribution is 5.87. The van der Waals surface area contributed by atoms with Gasteiger partial charge in [0, 0.05) is 12.1 Å². The molecule has 12 heteroatoms. The Morgan fingerprint density at radius 2 is 1.91 bits per heavy atom. The van der Waals surface area contributed by atoms with Gasteiger partial charge in [0.15, 0.2) is 0 Å². The number of alkyl halides is 3. The molecule has 2 atom stereocenters. The molecule has 2 amide bonds. The van der Waals surface area contributed by atoms with Gasteiger partial charge in [-0.3, -0.25) is 9.69 Å². The molecule has 2 aromatic rings. The van der Waals surface area contributed by atoms with Gasteiger partial charge in [-0.1, -0.05) is 6.07 Å². The number of ether oxygens (including phenoxy) is 1. The Morgan fingerprint density at radius 3 is 2.53 bits per heavy atom. The predicted molar refractivity (Wildman–Crippen MR) is 112 cm³/mol. The van der Waals surface area contributed by atoms with E-state index < -0.39 is 47.3 Å². The lowest BCUT2D eigenvalue weighted by molar-refractivity contribution is -0.140. The molecule has 1 fully saturated rings. The number of carbonyl (C=O) groups excluding carboxylic acids is 2. The number of likely N-dealkylation sites (tertiary alicyclic amines) is 1. The van der Waals surface area contributed by atoms with Gasteiger partial charge in [-0.05, 0) is 45.4 Å². The SMILES string of the molecule is CC(C)(C)OC(=O)N1CC[C@@H](O)[C@H]1C(=O)NCc1cc(-c2ccc(C(F)(F)F)c(F)c2)ncn1. The van der Waals surface area contributed by atoms with E-state index in [4.69, 9.17) is 4.74 Å². The summed E-state index contributed by atoms with van der Waals surface area (Å²) in [6.45, 7) is 5.07. The largest absolute Gasteiger partial charge is 0.444 e. The van der Waals surface area contributed by atoms with Crippen molar-refractivity contribution in [2.45, 2.75) is 57.7 Å². The lowest BCUT2D eigenvalue weighted by atomic mass is 10.1. The van der Waals surface area contributed by atoms with Gasteiger partial charge in [0.2, 0.25) is 5.91 Å². The molecular formula is C22H24F4N4O4. The molecule has 1 aromatic carbocycles. The van der Waals surface area contributed by atoms with Crippen molar-refractivity contribution in [3.63, 3.8) is 0 Å². The first-order chi connectivity index (χ1) is 15.8. The molecule has 1 aliphatic rings. The summed E-state index contributed by atoms with van der Waals surface area (Å²) in [5.41, 5.74) is -1.62. The van der Waals surface area contributed by atoms with Crippen molar-refractivity contribution in [2.75, 3.05) is 6.54 Å². The average Bonchev–Trinajstić information content (AvgIpc) is 3.12. The number of nitrogens with zero attached hydrogens (tertiary/aromatic N) is 3. The molecule has 3 rings (SSSR count). The molecule has 0 aliphatic carbocycles. The molecule has 8 nitrogen and oxygen atoms in total. The van der Waals surface area contributed by atoms with Crippen LogP contribution in [-0.2, 0) is 22.3 Å². The van der Waals surface area contributed by atoms with Gasteiger partial charge in [-0.2, -0.15) is 13.2 Å². The molecule has 184 valence electrons. The predicted octanol–water partition coefficient (Wildman–Crippen LogP) is 3.29. The molecule has 1 aliphatic heterocycles. The third-order valence-corrected chi connectivity index (χ3v) is 5.00. The number of rotatable bonds is 4. The van der Waals surface area contributed by atoms with Crippen molar-refractivity contribution in [1.29, 1.82) is 0 Å². The summed E-state index contributed by atoms with van der Waals surface area (Å²) in [6, 6.07) is 2.67. The van der Waals surface area contributed by atoms with E-state index in [0.717, 1.165) is 23.4 Å². The maximum absolute atomic E-state index is 13.9. The first-order valence-electron chi connectivity index (χ1n) is 10.4. The smallest absolute Gasteiger partial charge is 0.419 e. The highest BCUT2D eigenvalue weighted by Gasteiger charge is 2.42. The minimum atomic E-state index is -4.82. The van der Waals surface area contributed by atoms with Crippen LogP contribution in [0.5, 0.6) is 0 Å². The van der Waals surface area contributed by atoms with E-state index >= 15 is 0 Å². The van der Waals surface area contributed by atoms with Crippen molar-refractivity contribution in [3.8, 4) is 11.3 Å². The zero-order valence-electron chi connectivity index (χ0n) is 18.7. The highest BCUT2D eigenvalue weighted by atomic mass is 19.4. The lowest BCUT2D eigenvalue weighted by Gasteiger charge is -2.28. The Balaban J connectivity index is 1.70. The van der Waals surface area contributed by atoms with Crippen LogP contribution in [0.25, 0.3) is 11.3 Å². The lowest BCUT2D eigenvalue weighted by Crippen LogP contribution is -2.51. The second kappa shape index (κ2) is 9.53. The minimum Gasteiger partial charge on any atom is -0.444 e. The van der Waals surface area contributed by atoms with Crippen molar-refractivity contribution >= 4 is 12.0 Å². The Morgan fingerprint density at radius 1 is 1.21 bits per heavy atom. The molecule has 34 heavy (non-hydrogen) atoms. The topological polar surface area (TPSA) is 105 Å². The van der Waals surface area contributed by atoms with E-state index in [-0.39, 0.29) is 36.5 Å². The van der Waals surface area contributed by atoms with Gasteiger partial charge in [-0.15, -0.1) is 0 Å². The maximum atomic E-state index is 13.9. The van der Waals surface area contributed by atoms with Crippen LogP contribution in [0.15, 0.2) is 30.6 Å². The number of halogens is 4. The fraction of sp³-hybridized carbons (Fsp3) is 0.455. The molecule has 1 aromatic heterocycles. The summed E-state index contributed by atoms with van der Waals surface area (Å²) in [5.74, 6) is -2.06. The third-order valence-electron chi connectivity index (χ3n) is 5.00. The summed E-state index contributed by atoms with van der Waals surface area (Å²) >= 11 is 0. The molecule has 0 radical (unpaired) electrons. The van der Waals surface area contributed by atoms with Crippen molar-refractivity contribution in [2.24, 2.45) is 0 Å². The Labute approximate surface area is 193 Å².